The Morgan fingerprint density at radius 2 is 1.86 bits per heavy atom. The third-order valence-corrected chi connectivity index (χ3v) is 5.05. The van der Waals surface area contributed by atoms with Crippen LogP contribution in [0.1, 0.15) is 12.8 Å². The molecular formula is C13H22N2O4S2. The van der Waals surface area contributed by atoms with E-state index < -0.39 is 10.0 Å². The van der Waals surface area contributed by atoms with Crippen molar-refractivity contribution in [2.24, 2.45) is 0 Å². The predicted molar refractivity (Wildman–Crippen MR) is 86.8 cm³/mol. The lowest BCUT2D eigenvalue weighted by molar-refractivity contribution is 0.387. The quantitative estimate of drug-likeness (QED) is 0.528. The smallest absolute Gasteiger partial charge is 0.244 e. The van der Waals surface area contributed by atoms with E-state index >= 15 is 0 Å². The molecule has 1 aromatic carbocycles. The van der Waals surface area contributed by atoms with E-state index in [1.54, 1.807) is 11.8 Å². The summed E-state index contributed by atoms with van der Waals surface area (Å²) in [6, 6.07) is 2.82. The Morgan fingerprint density at radius 1 is 1.19 bits per heavy atom. The van der Waals surface area contributed by atoms with Crippen molar-refractivity contribution in [2.45, 2.75) is 17.7 Å². The van der Waals surface area contributed by atoms with E-state index in [0.717, 1.165) is 18.6 Å². The molecule has 0 amide bonds. The number of rotatable bonds is 9. The van der Waals surface area contributed by atoms with E-state index in [-0.39, 0.29) is 16.3 Å². The zero-order chi connectivity index (χ0) is 15.9. The van der Waals surface area contributed by atoms with Crippen molar-refractivity contribution in [3.8, 4) is 11.5 Å². The topological polar surface area (TPSA) is 90.6 Å². The number of nitrogens with two attached hydrogens (primary N) is 1. The van der Waals surface area contributed by atoms with Crippen molar-refractivity contribution in [1.29, 1.82) is 0 Å². The number of methoxy groups -OCH3 is 2. The molecule has 3 N–H and O–H groups in total. The van der Waals surface area contributed by atoms with Gasteiger partial charge in [0, 0.05) is 12.6 Å². The molecule has 120 valence electrons. The third kappa shape index (κ3) is 4.98. The lowest BCUT2D eigenvalue weighted by Gasteiger charge is -2.13. The van der Waals surface area contributed by atoms with Crippen LogP contribution < -0.4 is 19.9 Å². The van der Waals surface area contributed by atoms with E-state index in [0.29, 0.717) is 12.3 Å². The minimum Gasteiger partial charge on any atom is -0.495 e. The second-order valence-corrected chi connectivity index (χ2v) is 7.06. The van der Waals surface area contributed by atoms with E-state index in [2.05, 4.69) is 4.72 Å². The Morgan fingerprint density at radius 3 is 2.43 bits per heavy atom. The van der Waals surface area contributed by atoms with Gasteiger partial charge in [-0.1, -0.05) is 0 Å². The molecule has 0 spiro atoms. The predicted octanol–water partition coefficient (Wildman–Crippen LogP) is 1.71. The van der Waals surface area contributed by atoms with Crippen LogP contribution in [0.5, 0.6) is 11.5 Å². The van der Waals surface area contributed by atoms with Gasteiger partial charge in [-0.15, -0.1) is 0 Å². The maximum absolute atomic E-state index is 12.3. The first-order chi connectivity index (χ1) is 9.96. The Kier molecular flexibility index (Phi) is 7.13. The fourth-order valence-electron chi connectivity index (χ4n) is 1.76. The average Bonchev–Trinajstić information content (AvgIpc) is 2.46. The molecule has 8 heteroatoms. The molecule has 0 unspecified atom stereocenters. The molecule has 1 aromatic rings. The Balaban J connectivity index is 2.89. The number of nitrogens with one attached hydrogen (secondary N) is 1. The van der Waals surface area contributed by atoms with E-state index in [4.69, 9.17) is 15.2 Å². The van der Waals surface area contributed by atoms with Crippen molar-refractivity contribution in [1.82, 2.24) is 4.72 Å². The van der Waals surface area contributed by atoms with Gasteiger partial charge < -0.3 is 15.2 Å². The van der Waals surface area contributed by atoms with Gasteiger partial charge in [0.2, 0.25) is 10.0 Å². The standard InChI is InChI=1S/C13H22N2O4S2/c1-18-11-9-12(19-2)13(8-10(11)14)21(16,17)15-6-4-5-7-20-3/h8-9,15H,4-7,14H2,1-3H3. The number of hydrogen-bond acceptors (Lipinski definition) is 6. The summed E-state index contributed by atoms with van der Waals surface area (Å²) in [5.74, 6) is 1.60. The lowest BCUT2D eigenvalue weighted by atomic mass is 10.3. The molecule has 0 heterocycles. The molecule has 0 saturated heterocycles. The highest BCUT2D eigenvalue weighted by Gasteiger charge is 2.21. The summed E-state index contributed by atoms with van der Waals surface area (Å²) in [4.78, 5) is 0.0215. The summed E-state index contributed by atoms with van der Waals surface area (Å²) in [5.41, 5.74) is 6.02. The highest BCUT2D eigenvalue weighted by molar-refractivity contribution is 7.98. The maximum Gasteiger partial charge on any atom is 0.244 e. The number of thioether (sulfide) groups is 1. The maximum atomic E-state index is 12.3. The molecule has 0 atom stereocenters. The molecule has 0 saturated carbocycles. The zero-order valence-electron chi connectivity index (χ0n) is 12.5. The van der Waals surface area contributed by atoms with Crippen molar-refractivity contribution < 1.29 is 17.9 Å². The molecule has 0 aliphatic rings. The Bertz CT molecular complexity index is 562. The number of sulfonamides is 1. The van der Waals surface area contributed by atoms with E-state index in [1.807, 2.05) is 6.26 Å². The number of anilines is 1. The first-order valence-electron chi connectivity index (χ1n) is 6.46. The molecular weight excluding hydrogens is 312 g/mol. The molecule has 0 aromatic heterocycles. The van der Waals surface area contributed by atoms with Gasteiger partial charge in [-0.25, -0.2) is 13.1 Å². The number of unbranched alkanes of at least 4 members (excludes halogenated alkanes) is 1. The van der Waals surface area contributed by atoms with Crippen LogP contribution in [0, 0.1) is 0 Å². The summed E-state index contributed by atoms with van der Waals surface area (Å²) in [7, 11) is -0.788. The summed E-state index contributed by atoms with van der Waals surface area (Å²) in [5, 5.41) is 0. The Hall–Kier alpha value is -1.12. The van der Waals surface area contributed by atoms with Gasteiger partial charge in [-0.2, -0.15) is 11.8 Å². The van der Waals surface area contributed by atoms with Gasteiger partial charge in [-0.3, -0.25) is 0 Å². The Labute approximate surface area is 130 Å². The third-order valence-electron chi connectivity index (χ3n) is 2.87. The lowest BCUT2D eigenvalue weighted by Crippen LogP contribution is -2.25. The fourth-order valence-corrected chi connectivity index (χ4v) is 3.51. The molecule has 0 bridgehead atoms. The fraction of sp³-hybridized carbons (Fsp3) is 0.538. The largest absolute Gasteiger partial charge is 0.495 e. The number of hydrogen-bond donors (Lipinski definition) is 2. The summed E-state index contributed by atoms with van der Waals surface area (Å²) in [6.45, 7) is 0.387. The summed E-state index contributed by atoms with van der Waals surface area (Å²) >= 11 is 1.74. The van der Waals surface area contributed by atoms with Crippen LogP contribution in [0.2, 0.25) is 0 Å². The van der Waals surface area contributed by atoms with Crippen molar-refractivity contribution >= 4 is 27.5 Å². The van der Waals surface area contributed by atoms with Gasteiger partial charge in [0.05, 0.1) is 19.9 Å². The van der Waals surface area contributed by atoms with Crippen LogP contribution >= 0.6 is 11.8 Å². The second kappa shape index (κ2) is 8.35. The minimum atomic E-state index is -3.66. The van der Waals surface area contributed by atoms with E-state index in [9.17, 15) is 8.42 Å². The molecule has 1 rings (SSSR count). The normalized spacial score (nSPS) is 11.4. The van der Waals surface area contributed by atoms with Crippen LogP contribution in [0.15, 0.2) is 17.0 Å². The number of ether oxygens (including phenoxy) is 2. The molecule has 6 nitrogen and oxygen atoms in total. The highest BCUT2D eigenvalue weighted by Crippen LogP contribution is 2.33. The monoisotopic (exact) mass is 334 g/mol. The van der Waals surface area contributed by atoms with Crippen LogP contribution in [0.3, 0.4) is 0 Å². The van der Waals surface area contributed by atoms with Gasteiger partial charge in [0.15, 0.2) is 0 Å². The highest BCUT2D eigenvalue weighted by atomic mass is 32.2. The van der Waals surface area contributed by atoms with Crippen molar-refractivity contribution in [3.63, 3.8) is 0 Å². The van der Waals surface area contributed by atoms with Crippen LogP contribution in [0.4, 0.5) is 5.69 Å². The number of benzene rings is 1. The SMILES string of the molecule is COc1cc(OC)c(S(=O)(=O)NCCCCSC)cc1N. The first kappa shape index (κ1) is 17.9. The molecule has 0 radical (unpaired) electrons. The van der Waals surface area contributed by atoms with Crippen LogP contribution in [-0.2, 0) is 10.0 Å². The molecule has 21 heavy (non-hydrogen) atoms. The minimum absolute atomic E-state index is 0.0215. The second-order valence-electron chi connectivity index (χ2n) is 4.34. The van der Waals surface area contributed by atoms with Crippen LogP contribution in [0.25, 0.3) is 0 Å². The first-order valence-corrected chi connectivity index (χ1v) is 9.34. The zero-order valence-corrected chi connectivity index (χ0v) is 14.1. The summed E-state index contributed by atoms with van der Waals surface area (Å²) in [6.07, 6.45) is 3.77. The van der Waals surface area contributed by atoms with Crippen molar-refractivity contribution in [3.05, 3.63) is 12.1 Å². The molecule has 0 aliphatic carbocycles. The van der Waals surface area contributed by atoms with E-state index in [1.165, 1.54) is 26.4 Å². The van der Waals surface area contributed by atoms with Gasteiger partial charge >= 0.3 is 0 Å². The van der Waals surface area contributed by atoms with Gasteiger partial charge in [-0.05, 0) is 30.9 Å². The summed E-state index contributed by atoms with van der Waals surface area (Å²) < 4.78 is 37.3. The molecule has 0 aliphatic heterocycles. The van der Waals surface area contributed by atoms with Gasteiger partial charge in [0.1, 0.15) is 16.4 Å². The van der Waals surface area contributed by atoms with Gasteiger partial charge in [0.25, 0.3) is 0 Å². The van der Waals surface area contributed by atoms with Crippen LogP contribution in [-0.4, -0.2) is 41.2 Å². The average molecular weight is 334 g/mol. The molecule has 0 fully saturated rings. The van der Waals surface area contributed by atoms with Crippen molar-refractivity contribution in [2.75, 3.05) is 38.5 Å². The number of nitrogen functional groups attached to an aromatic ring is 1.